The maximum atomic E-state index is 13.5. The average Bonchev–Trinajstić information content (AvgIpc) is 3.07. The summed E-state index contributed by atoms with van der Waals surface area (Å²) in [6.07, 6.45) is -7.08. The van der Waals surface area contributed by atoms with Gasteiger partial charge < -0.3 is 54.3 Å². The molecule has 13 nitrogen and oxygen atoms in total. The topological polar surface area (TPSA) is 179 Å². The lowest BCUT2D eigenvalue weighted by atomic mass is 9.78. The van der Waals surface area contributed by atoms with Crippen LogP contribution in [0, 0.1) is 17.8 Å². The number of amides is 1. The molecular weight excluding hydrogens is 660 g/mol. The van der Waals surface area contributed by atoms with E-state index in [9.17, 15) is 35.1 Å². The van der Waals surface area contributed by atoms with Crippen molar-refractivity contribution in [3.63, 3.8) is 0 Å². The van der Waals surface area contributed by atoms with Crippen molar-refractivity contribution in [1.82, 2.24) is 9.80 Å². The number of likely N-dealkylation sites (N-methyl/N-ethyl adjacent to an activating group) is 2. The largest absolute Gasteiger partial charge is 0.493 e. The van der Waals surface area contributed by atoms with Crippen molar-refractivity contribution in [2.45, 2.75) is 147 Å². The fourth-order valence-corrected chi connectivity index (χ4v) is 7.74. The van der Waals surface area contributed by atoms with Gasteiger partial charge in [-0.15, -0.1) is 0 Å². The van der Waals surface area contributed by atoms with Crippen molar-refractivity contribution in [3.8, 4) is 5.75 Å². The molecule has 2 fully saturated rings. The molecule has 292 valence electrons. The molecule has 0 radical (unpaired) electrons. The van der Waals surface area contributed by atoms with Crippen molar-refractivity contribution in [2.24, 2.45) is 17.8 Å². The van der Waals surface area contributed by atoms with E-state index in [1.807, 2.05) is 44.0 Å². The zero-order chi connectivity index (χ0) is 38.4. The number of rotatable bonds is 8. The van der Waals surface area contributed by atoms with Gasteiger partial charge in [0.2, 0.25) is 5.91 Å². The van der Waals surface area contributed by atoms with Crippen LogP contribution in [0.4, 0.5) is 0 Å². The van der Waals surface area contributed by atoms with E-state index in [1.165, 1.54) is 18.7 Å². The summed E-state index contributed by atoms with van der Waals surface area (Å²) in [6, 6.07) is 7.95. The van der Waals surface area contributed by atoms with Crippen LogP contribution in [0.2, 0.25) is 0 Å². The molecule has 0 bridgehead atoms. The van der Waals surface area contributed by atoms with Crippen molar-refractivity contribution in [1.29, 1.82) is 0 Å². The highest BCUT2D eigenvalue weighted by atomic mass is 16.7. The normalized spacial score (nSPS) is 40.8. The van der Waals surface area contributed by atoms with Crippen LogP contribution in [0.3, 0.4) is 0 Å². The van der Waals surface area contributed by atoms with E-state index in [-0.39, 0.29) is 37.7 Å². The summed E-state index contributed by atoms with van der Waals surface area (Å²) in [5.74, 6) is -2.54. The number of benzene rings is 1. The molecule has 0 aromatic heterocycles. The SMILES string of the molecule is CC[C@H]1OC(=O)[C@H](C)[C@@H](O)[C@H](C)[C@@H](O[C@@H]2O[C@H](C)C[C@H](N(C)C(=O)CCOc3ccccc3)[C@H]2O)[C@](C)(O)C[C@@H](C)CN(C)[C@H](C)[C@@H](O)[C@]1(C)O. The lowest BCUT2D eigenvalue weighted by Gasteiger charge is -2.47. The van der Waals surface area contributed by atoms with Crippen LogP contribution in [0.15, 0.2) is 30.3 Å². The van der Waals surface area contributed by atoms with Gasteiger partial charge in [-0.05, 0) is 79.0 Å². The third-order valence-electron chi connectivity index (χ3n) is 11.0. The Bertz CT molecular complexity index is 1250. The third-order valence-corrected chi connectivity index (χ3v) is 11.0. The maximum absolute atomic E-state index is 13.5. The third kappa shape index (κ3) is 10.6. The number of aliphatic hydroxyl groups excluding tert-OH is 3. The monoisotopic (exact) mass is 724 g/mol. The molecule has 2 aliphatic rings. The maximum Gasteiger partial charge on any atom is 0.311 e. The minimum absolute atomic E-state index is 0.0836. The zero-order valence-electron chi connectivity index (χ0n) is 32.1. The summed E-state index contributed by atoms with van der Waals surface area (Å²) >= 11 is 0. The van der Waals surface area contributed by atoms with Gasteiger partial charge in [-0.1, -0.05) is 39.0 Å². The van der Waals surface area contributed by atoms with Crippen molar-refractivity contribution in [3.05, 3.63) is 30.3 Å². The van der Waals surface area contributed by atoms with Crippen LogP contribution < -0.4 is 4.74 Å². The van der Waals surface area contributed by atoms with Gasteiger partial charge >= 0.3 is 5.97 Å². The molecule has 13 heteroatoms. The van der Waals surface area contributed by atoms with E-state index >= 15 is 0 Å². The minimum atomic E-state index is -1.79. The van der Waals surface area contributed by atoms with Gasteiger partial charge in [-0.2, -0.15) is 0 Å². The first kappa shape index (κ1) is 43.0. The summed E-state index contributed by atoms with van der Waals surface area (Å²) in [4.78, 5) is 30.0. The van der Waals surface area contributed by atoms with E-state index in [1.54, 1.807) is 46.9 Å². The Labute approximate surface area is 303 Å². The molecule has 14 atom stereocenters. The number of hydrogen-bond acceptors (Lipinski definition) is 12. The molecule has 5 N–H and O–H groups in total. The summed E-state index contributed by atoms with van der Waals surface area (Å²) in [6.45, 7) is 14.0. The fourth-order valence-electron chi connectivity index (χ4n) is 7.74. The molecule has 0 spiro atoms. The first-order chi connectivity index (χ1) is 23.7. The molecule has 1 amide bonds. The molecule has 51 heavy (non-hydrogen) atoms. The summed E-state index contributed by atoms with van der Waals surface area (Å²) < 4.78 is 24.0. The highest BCUT2D eigenvalue weighted by molar-refractivity contribution is 5.76. The van der Waals surface area contributed by atoms with Gasteiger partial charge in [0.05, 0.1) is 48.9 Å². The molecular formula is C38H64N2O11. The zero-order valence-corrected chi connectivity index (χ0v) is 32.1. The Morgan fingerprint density at radius 1 is 1.04 bits per heavy atom. The second-order valence-electron chi connectivity index (χ2n) is 15.6. The van der Waals surface area contributed by atoms with Crippen LogP contribution in [-0.2, 0) is 23.8 Å². The van der Waals surface area contributed by atoms with Crippen molar-refractivity contribution in [2.75, 3.05) is 27.2 Å². The molecule has 0 aliphatic carbocycles. The van der Waals surface area contributed by atoms with Crippen LogP contribution in [-0.4, -0.2) is 141 Å². The number of carbonyl (C=O) groups is 2. The number of ether oxygens (including phenoxy) is 4. The smallest absolute Gasteiger partial charge is 0.311 e. The Morgan fingerprint density at radius 2 is 1.67 bits per heavy atom. The minimum Gasteiger partial charge on any atom is -0.493 e. The van der Waals surface area contributed by atoms with Gasteiger partial charge in [-0.3, -0.25) is 9.59 Å². The van der Waals surface area contributed by atoms with Gasteiger partial charge in [-0.25, -0.2) is 0 Å². The Hall–Kier alpha value is -2.36. The van der Waals surface area contributed by atoms with Gasteiger partial charge in [0.15, 0.2) is 6.29 Å². The molecule has 2 saturated heterocycles. The number of carbonyl (C=O) groups excluding carboxylic acids is 2. The number of nitrogens with zero attached hydrogens (tertiary/aromatic N) is 2. The number of aliphatic hydroxyl groups is 5. The lowest BCUT2D eigenvalue weighted by molar-refractivity contribution is -0.299. The first-order valence-electron chi connectivity index (χ1n) is 18.4. The number of esters is 1. The number of para-hydroxylation sites is 1. The highest BCUT2D eigenvalue weighted by Crippen LogP contribution is 2.36. The van der Waals surface area contributed by atoms with E-state index in [0.717, 1.165) is 0 Å². The van der Waals surface area contributed by atoms with Crippen LogP contribution in [0.1, 0.15) is 81.1 Å². The Morgan fingerprint density at radius 3 is 2.27 bits per heavy atom. The van der Waals surface area contributed by atoms with Crippen molar-refractivity contribution < 1.29 is 54.1 Å². The molecule has 2 aliphatic heterocycles. The molecule has 0 saturated carbocycles. The predicted molar refractivity (Wildman–Crippen MR) is 191 cm³/mol. The van der Waals surface area contributed by atoms with E-state index in [2.05, 4.69) is 0 Å². The average molecular weight is 725 g/mol. The second kappa shape index (κ2) is 18.1. The molecule has 2 heterocycles. The summed E-state index contributed by atoms with van der Waals surface area (Å²) in [7, 11) is 3.42. The number of cyclic esters (lactones) is 1. The van der Waals surface area contributed by atoms with E-state index in [0.29, 0.717) is 18.7 Å². The first-order valence-corrected chi connectivity index (χ1v) is 18.4. The van der Waals surface area contributed by atoms with Crippen LogP contribution in [0.5, 0.6) is 5.75 Å². The fraction of sp³-hybridized carbons (Fsp3) is 0.789. The molecule has 1 aromatic carbocycles. The van der Waals surface area contributed by atoms with Crippen LogP contribution >= 0.6 is 0 Å². The second-order valence-corrected chi connectivity index (χ2v) is 15.6. The van der Waals surface area contributed by atoms with Gasteiger partial charge in [0.25, 0.3) is 0 Å². The quantitative estimate of drug-likeness (QED) is 0.248. The predicted octanol–water partition coefficient (Wildman–Crippen LogP) is 2.34. The highest BCUT2D eigenvalue weighted by Gasteiger charge is 2.50. The standard InChI is InChI=1S/C38H64N2O11/c1-11-29-38(8,47)33(44)26(6)39(9)21-22(2)20-37(7,46)34(24(4)31(42)25(5)35(45)50-29)51-36-32(43)28(19-23(3)49-36)40(10)30(41)17-18-48-27-15-13-12-14-16-27/h12-16,22-26,28-29,31-34,36,42-44,46-47H,11,17-21H2,1-10H3/t22-,23-,24+,25-,26-,28+,29-,31+,32-,33-,34-,36+,37-,38-/m1/s1. The van der Waals surface area contributed by atoms with E-state index < -0.39 is 84.0 Å². The van der Waals surface area contributed by atoms with Gasteiger partial charge in [0.1, 0.15) is 29.7 Å². The van der Waals surface area contributed by atoms with Crippen molar-refractivity contribution >= 4 is 11.9 Å². The summed E-state index contributed by atoms with van der Waals surface area (Å²) in [5, 5.41) is 58.1. The van der Waals surface area contributed by atoms with E-state index in [4.69, 9.17) is 18.9 Å². The Kier molecular flexibility index (Phi) is 15.3. The molecule has 0 unspecified atom stereocenters. The lowest BCUT2D eigenvalue weighted by Crippen LogP contribution is -2.60. The Balaban J connectivity index is 1.89. The molecule has 3 rings (SSSR count). The molecule has 1 aromatic rings. The summed E-state index contributed by atoms with van der Waals surface area (Å²) in [5.41, 5.74) is -3.40. The number of hydrogen-bond donors (Lipinski definition) is 5. The van der Waals surface area contributed by atoms with Gasteiger partial charge in [0, 0.05) is 25.6 Å². The van der Waals surface area contributed by atoms with Crippen LogP contribution in [0.25, 0.3) is 0 Å².